The van der Waals surface area contributed by atoms with Crippen LogP contribution in [-0.2, 0) is 0 Å². The molecule has 1 amide bonds. The van der Waals surface area contributed by atoms with E-state index in [2.05, 4.69) is 27.2 Å². The number of carbonyl (C=O) groups is 1. The van der Waals surface area contributed by atoms with E-state index in [-0.39, 0.29) is 5.91 Å². The van der Waals surface area contributed by atoms with Gasteiger partial charge in [0, 0.05) is 12.7 Å². The van der Waals surface area contributed by atoms with Gasteiger partial charge in [0.25, 0.3) is 5.91 Å². The fourth-order valence-corrected chi connectivity index (χ4v) is 1.83. The number of carbonyl (C=O) groups excluding carboxylic acids is 1. The maximum Gasteiger partial charge on any atom is 0.270 e. The van der Waals surface area contributed by atoms with Crippen LogP contribution in [0.4, 0.5) is 5.95 Å². The second-order valence-corrected chi connectivity index (χ2v) is 4.71. The molecule has 0 unspecified atom stereocenters. The molecule has 2 N–H and O–H groups in total. The summed E-state index contributed by atoms with van der Waals surface area (Å²) in [6.45, 7) is 4.85. The maximum atomic E-state index is 12.0. The molecular weight excluding hydrogens is 308 g/mol. The van der Waals surface area contributed by atoms with E-state index in [0.717, 1.165) is 5.75 Å². The molecule has 0 radical (unpaired) electrons. The summed E-state index contributed by atoms with van der Waals surface area (Å²) in [7, 11) is 1.61. The average molecular weight is 328 g/mol. The van der Waals surface area contributed by atoms with Gasteiger partial charge in [0.05, 0.1) is 13.7 Å². The number of nitrogens with one attached hydrogen (secondary N) is 2. The fourth-order valence-electron chi connectivity index (χ4n) is 1.83. The first-order valence-corrected chi connectivity index (χ1v) is 7.46. The highest BCUT2D eigenvalue weighted by atomic mass is 16.5. The van der Waals surface area contributed by atoms with Gasteiger partial charge in [0.15, 0.2) is 0 Å². The van der Waals surface area contributed by atoms with Gasteiger partial charge in [-0.25, -0.2) is 9.97 Å². The number of hydrogen-bond donors (Lipinski definition) is 2. The first-order valence-electron chi connectivity index (χ1n) is 7.46. The Hall–Kier alpha value is -3.09. The van der Waals surface area contributed by atoms with Crippen molar-refractivity contribution >= 4 is 11.9 Å². The lowest BCUT2D eigenvalue weighted by atomic mass is 10.3. The van der Waals surface area contributed by atoms with Crippen LogP contribution in [0.2, 0.25) is 0 Å². The van der Waals surface area contributed by atoms with E-state index in [0.29, 0.717) is 37.1 Å². The first-order chi connectivity index (χ1) is 11.7. The van der Waals surface area contributed by atoms with Crippen molar-refractivity contribution < 1.29 is 14.3 Å². The quantitative estimate of drug-likeness (QED) is 0.540. The Kier molecular flexibility index (Phi) is 6.58. The number of benzene rings is 1. The Balaban J connectivity index is 1.77. The fraction of sp³-hybridized carbons (Fsp3) is 0.235. The van der Waals surface area contributed by atoms with E-state index in [1.54, 1.807) is 19.3 Å². The molecule has 1 aromatic heterocycles. The van der Waals surface area contributed by atoms with Gasteiger partial charge < -0.3 is 20.1 Å². The lowest BCUT2D eigenvalue weighted by Gasteiger charge is -2.08. The highest BCUT2D eigenvalue weighted by molar-refractivity contribution is 5.92. The van der Waals surface area contributed by atoms with Crippen LogP contribution in [0.5, 0.6) is 11.5 Å². The van der Waals surface area contributed by atoms with Gasteiger partial charge in [-0.1, -0.05) is 6.08 Å². The van der Waals surface area contributed by atoms with Gasteiger partial charge >= 0.3 is 0 Å². The summed E-state index contributed by atoms with van der Waals surface area (Å²) in [5, 5.41) is 5.68. The average Bonchev–Trinajstić information content (AvgIpc) is 2.64. The van der Waals surface area contributed by atoms with Crippen LogP contribution in [0.15, 0.2) is 49.2 Å². The summed E-state index contributed by atoms with van der Waals surface area (Å²) in [6, 6.07) is 8.79. The van der Waals surface area contributed by atoms with Crippen molar-refractivity contribution in [3.05, 3.63) is 54.9 Å². The number of anilines is 1. The van der Waals surface area contributed by atoms with E-state index in [4.69, 9.17) is 9.47 Å². The third kappa shape index (κ3) is 5.28. The number of nitrogens with zero attached hydrogens (tertiary/aromatic N) is 2. The molecule has 0 spiro atoms. The van der Waals surface area contributed by atoms with Crippen LogP contribution in [-0.4, -0.2) is 42.7 Å². The molecule has 0 aliphatic rings. The van der Waals surface area contributed by atoms with Crippen LogP contribution < -0.4 is 20.1 Å². The highest BCUT2D eigenvalue weighted by Gasteiger charge is 2.08. The first kappa shape index (κ1) is 17.3. The molecule has 0 aliphatic heterocycles. The van der Waals surface area contributed by atoms with Crippen molar-refractivity contribution in [3.8, 4) is 11.5 Å². The minimum Gasteiger partial charge on any atom is -0.497 e. The molecule has 126 valence electrons. The number of amides is 1. The number of methoxy groups -OCH3 is 1. The second-order valence-electron chi connectivity index (χ2n) is 4.71. The summed E-state index contributed by atoms with van der Waals surface area (Å²) < 4.78 is 10.6. The van der Waals surface area contributed by atoms with Crippen LogP contribution >= 0.6 is 0 Å². The van der Waals surface area contributed by atoms with E-state index in [1.807, 2.05) is 24.3 Å². The number of ether oxygens (including phenoxy) is 2. The molecule has 1 heterocycles. The van der Waals surface area contributed by atoms with Gasteiger partial charge in [0.1, 0.15) is 23.8 Å². The van der Waals surface area contributed by atoms with Crippen molar-refractivity contribution in [2.45, 2.75) is 0 Å². The van der Waals surface area contributed by atoms with Gasteiger partial charge in [-0.05, 0) is 30.3 Å². The standard InChI is InChI=1S/C17H20N4O3/c1-3-9-19-17-20-10-8-15(21-17)16(22)18-11-12-24-14-6-4-13(23-2)5-7-14/h3-8,10H,1,9,11-12H2,2H3,(H,18,22)(H,19,20,21). The van der Waals surface area contributed by atoms with Crippen LogP contribution in [0, 0.1) is 0 Å². The summed E-state index contributed by atoms with van der Waals surface area (Å²) in [5.74, 6) is 1.58. The normalized spacial score (nSPS) is 9.88. The zero-order chi connectivity index (χ0) is 17.2. The Labute approximate surface area is 140 Å². The lowest BCUT2D eigenvalue weighted by molar-refractivity contribution is 0.0942. The molecule has 24 heavy (non-hydrogen) atoms. The van der Waals surface area contributed by atoms with E-state index >= 15 is 0 Å². The minimum atomic E-state index is -0.280. The van der Waals surface area contributed by atoms with Crippen LogP contribution in [0.3, 0.4) is 0 Å². The Morgan fingerprint density at radius 2 is 2.00 bits per heavy atom. The number of hydrogen-bond acceptors (Lipinski definition) is 6. The molecule has 7 heteroatoms. The molecule has 0 atom stereocenters. The Morgan fingerprint density at radius 3 is 2.71 bits per heavy atom. The van der Waals surface area contributed by atoms with Gasteiger partial charge in [-0.2, -0.15) is 0 Å². The largest absolute Gasteiger partial charge is 0.497 e. The summed E-state index contributed by atoms with van der Waals surface area (Å²) in [6.07, 6.45) is 3.22. The predicted molar refractivity (Wildman–Crippen MR) is 91.5 cm³/mol. The molecule has 0 saturated carbocycles. The molecule has 7 nitrogen and oxygen atoms in total. The SMILES string of the molecule is C=CCNc1nccc(C(=O)NCCOc2ccc(OC)cc2)n1. The molecule has 1 aromatic carbocycles. The molecule has 0 aliphatic carbocycles. The predicted octanol–water partition coefficient (Wildman–Crippen LogP) is 1.89. The molecule has 2 aromatic rings. The Morgan fingerprint density at radius 1 is 1.25 bits per heavy atom. The van der Waals surface area contributed by atoms with Crippen LogP contribution in [0.1, 0.15) is 10.5 Å². The van der Waals surface area contributed by atoms with Crippen LogP contribution in [0.25, 0.3) is 0 Å². The number of aromatic nitrogens is 2. The molecule has 2 rings (SSSR count). The van der Waals surface area contributed by atoms with Crippen molar-refractivity contribution in [3.63, 3.8) is 0 Å². The minimum absolute atomic E-state index is 0.280. The summed E-state index contributed by atoms with van der Waals surface area (Å²) in [5.41, 5.74) is 0.293. The monoisotopic (exact) mass is 328 g/mol. The van der Waals surface area contributed by atoms with Crippen molar-refractivity contribution in [2.75, 3.05) is 32.1 Å². The molecule has 0 saturated heterocycles. The molecule has 0 bridgehead atoms. The van der Waals surface area contributed by atoms with Crippen molar-refractivity contribution in [1.29, 1.82) is 0 Å². The van der Waals surface area contributed by atoms with Gasteiger partial charge in [-0.3, -0.25) is 4.79 Å². The summed E-state index contributed by atoms with van der Waals surface area (Å²) >= 11 is 0. The third-order valence-electron chi connectivity index (χ3n) is 3.01. The third-order valence-corrected chi connectivity index (χ3v) is 3.01. The maximum absolute atomic E-state index is 12.0. The molecule has 0 fully saturated rings. The Bertz CT molecular complexity index is 674. The lowest BCUT2D eigenvalue weighted by Crippen LogP contribution is -2.29. The zero-order valence-electron chi connectivity index (χ0n) is 13.5. The van der Waals surface area contributed by atoms with Crippen molar-refractivity contribution in [2.24, 2.45) is 0 Å². The second kappa shape index (κ2) is 9.14. The van der Waals surface area contributed by atoms with E-state index < -0.39 is 0 Å². The van der Waals surface area contributed by atoms with E-state index in [9.17, 15) is 4.79 Å². The molecular formula is C17H20N4O3. The van der Waals surface area contributed by atoms with Crippen molar-refractivity contribution in [1.82, 2.24) is 15.3 Å². The summed E-state index contributed by atoms with van der Waals surface area (Å²) in [4.78, 5) is 20.2. The number of rotatable bonds is 9. The smallest absolute Gasteiger partial charge is 0.270 e. The highest BCUT2D eigenvalue weighted by Crippen LogP contribution is 2.16. The topological polar surface area (TPSA) is 85.4 Å². The zero-order valence-corrected chi connectivity index (χ0v) is 13.5. The van der Waals surface area contributed by atoms with Gasteiger partial charge in [-0.15, -0.1) is 6.58 Å². The van der Waals surface area contributed by atoms with E-state index in [1.165, 1.54) is 6.20 Å². The van der Waals surface area contributed by atoms with Gasteiger partial charge in [0.2, 0.25) is 5.95 Å².